The lowest BCUT2D eigenvalue weighted by atomic mass is 10.4. The minimum atomic E-state index is -4.16. The van der Waals surface area contributed by atoms with Gasteiger partial charge in [-0.05, 0) is 6.42 Å². The van der Waals surface area contributed by atoms with Gasteiger partial charge in [0.05, 0.1) is 20.6 Å². The standard InChI is InChI=1S/C7H17NO3S/c1-5-6-8(3,4)7(2)12(9,10)11/h7H,5-6H2,1-4H3. The summed E-state index contributed by atoms with van der Waals surface area (Å²) in [6, 6.07) is 0. The van der Waals surface area contributed by atoms with Gasteiger partial charge in [0.25, 0.3) is 0 Å². The number of hydrogen-bond donors (Lipinski definition) is 0. The minimum absolute atomic E-state index is 0.238. The van der Waals surface area contributed by atoms with Crippen LogP contribution in [0, 0.1) is 0 Å². The van der Waals surface area contributed by atoms with Gasteiger partial charge in [-0.15, -0.1) is 0 Å². The molecule has 74 valence electrons. The third kappa shape index (κ3) is 3.08. The van der Waals surface area contributed by atoms with Crippen LogP contribution in [0.3, 0.4) is 0 Å². The zero-order valence-corrected chi connectivity index (χ0v) is 8.89. The number of rotatable bonds is 4. The fourth-order valence-electron chi connectivity index (χ4n) is 1.11. The molecule has 0 aliphatic heterocycles. The van der Waals surface area contributed by atoms with Crippen LogP contribution in [0.15, 0.2) is 0 Å². The zero-order chi connectivity index (χ0) is 9.99. The van der Waals surface area contributed by atoms with Gasteiger partial charge >= 0.3 is 0 Å². The van der Waals surface area contributed by atoms with E-state index in [-0.39, 0.29) is 4.48 Å². The summed E-state index contributed by atoms with van der Waals surface area (Å²) in [6.45, 7) is 4.12. The molecule has 4 nitrogen and oxygen atoms in total. The normalized spacial score (nSPS) is 16.1. The third-order valence-corrected chi connectivity index (χ3v) is 3.61. The van der Waals surface area contributed by atoms with Crippen molar-refractivity contribution < 1.29 is 17.5 Å². The second-order valence-corrected chi connectivity index (χ2v) is 5.26. The fraction of sp³-hybridized carbons (Fsp3) is 1.00. The van der Waals surface area contributed by atoms with Crippen molar-refractivity contribution in [2.75, 3.05) is 20.6 Å². The summed E-state index contributed by atoms with van der Waals surface area (Å²) in [5.41, 5.74) is 0. The summed E-state index contributed by atoms with van der Waals surface area (Å²) in [6.07, 6.45) is 0.868. The van der Waals surface area contributed by atoms with E-state index in [0.29, 0.717) is 6.54 Å². The molecule has 0 aliphatic rings. The van der Waals surface area contributed by atoms with Crippen LogP contribution < -0.4 is 0 Å². The maximum atomic E-state index is 10.7. The molecule has 1 unspecified atom stereocenters. The number of nitrogens with zero attached hydrogens (tertiary/aromatic N) is 1. The van der Waals surface area contributed by atoms with Crippen molar-refractivity contribution in [3.8, 4) is 0 Å². The van der Waals surface area contributed by atoms with Gasteiger partial charge in [0.2, 0.25) is 0 Å². The average Bonchev–Trinajstić information content (AvgIpc) is 1.84. The van der Waals surface area contributed by atoms with E-state index in [1.54, 1.807) is 14.1 Å². The Balaban J connectivity index is 4.57. The molecule has 0 aliphatic carbocycles. The largest absolute Gasteiger partial charge is 0.743 e. The summed E-state index contributed by atoms with van der Waals surface area (Å²) in [5.74, 6) is 0. The van der Waals surface area contributed by atoms with E-state index in [1.807, 2.05) is 6.92 Å². The van der Waals surface area contributed by atoms with E-state index in [0.717, 1.165) is 6.42 Å². The van der Waals surface area contributed by atoms with Gasteiger partial charge in [0.1, 0.15) is 10.1 Å². The van der Waals surface area contributed by atoms with Gasteiger partial charge in [-0.2, -0.15) is 0 Å². The van der Waals surface area contributed by atoms with Gasteiger partial charge in [-0.1, -0.05) is 6.92 Å². The van der Waals surface area contributed by atoms with Gasteiger partial charge < -0.3 is 9.04 Å². The lowest BCUT2D eigenvalue weighted by Crippen LogP contribution is -2.51. The highest BCUT2D eigenvalue weighted by Gasteiger charge is 2.28. The average molecular weight is 195 g/mol. The van der Waals surface area contributed by atoms with E-state index in [9.17, 15) is 13.0 Å². The van der Waals surface area contributed by atoms with Crippen LogP contribution in [0.5, 0.6) is 0 Å². The summed E-state index contributed by atoms with van der Waals surface area (Å²) >= 11 is 0. The Morgan fingerprint density at radius 2 is 1.83 bits per heavy atom. The van der Waals surface area contributed by atoms with E-state index in [2.05, 4.69) is 0 Å². The molecule has 0 aromatic rings. The van der Waals surface area contributed by atoms with Crippen molar-refractivity contribution in [1.29, 1.82) is 0 Å². The predicted molar refractivity (Wildman–Crippen MR) is 46.4 cm³/mol. The maximum absolute atomic E-state index is 10.7. The molecule has 0 amide bonds. The molecule has 1 atom stereocenters. The number of hydrogen-bond acceptors (Lipinski definition) is 3. The number of quaternary nitrogens is 1. The van der Waals surface area contributed by atoms with E-state index >= 15 is 0 Å². The van der Waals surface area contributed by atoms with Gasteiger partial charge in [0.15, 0.2) is 5.37 Å². The second-order valence-electron chi connectivity index (χ2n) is 3.59. The highest BCUT2D eigenvalue weighted by atomic mass is 32.2. The molecule has 0 spiro atoms. The summed E-state index contributed by atoms with van der Waals surface area (Å²) in [7, 11) is -0.653. The first-order valence-electron chi connectivity index (χ1n) is 3.99. The SMILES string of the molecule is CCC[N+](C)(C)C(C)S(=O)(=O)[O-]. The van der Waals surface area contributed by atoms with Crippen molar-refractivity contribution >= 4 is 10.1 Å². The molecule has 0 saturated carbocycles. The smallest absolute Gasteiger partial charge is 0.175 e. The molecule has 0 aromatic heterocycles. The first-order chi connectivity index (χ1) is 5.22. The van der Waals surface area contributed by atoms with Crippen molar-refractivity contribution in [1.82, 2.24) is 0 Å². The fourth-order valence-corrected chi connectivity index (χ4v) is 1.91. The van der Waals surface area contributed by atoms with Crippen molar-refractivity contribution in [3.63, 3.8) is 0 Å². The Morgan fingerprint density at radius 1 is 1.42 bits per heavy atom. The molecule has 0 rings (SSSR count). The quantitative estimate of drug-likeness (QED) is 0.481. The molecule has 0 radical (unpaired) electrons. The zero-order valence-electron chi connectivity index (χ0n) is 8.07. The highest BCUT2D eigenvalue weighted by molar-refractivity contribution is 7.86. The van der Waals surface area contributed by atoms with Crippen LogP contribution >= 0.6 is 0 Å². The molecule has 0 bridgehead atoms. The lowest BCUT2D eigenvalue weighted by molar-refractivity contribution is -0.899. The second kappa shape index (κ2) is 3.72. The van der Waals surface area contributed by atoms with Crippen molar-refractivity contribution in [2.45, 2.75) is 25.6 Å². The molecule has 0 fully saturated rings. The van der Waals surface area contributed by atoms with Gasteiger partial charge in [0, 0.05) is 6.92 Å². The monoisotopic (exact) mass is 195 g/mol. The topological polar surface area (TPSA) is 57.2 Å². The summed E-state index contributed by atoms with van der Waals surface area (Å²) in [5, 5.41) is -0.863. The van der Waals surface area contributed by atoms with Gasteiger partial charge in [-0.3, -0.25) is 0 Å². The highest BCUT2D eigenvalue weighted by Crippen LogP contribution is 2.12. The molecule has 0 heterocycles. The van der Waals surface area contributed by atoms with Crippen molar-refractivity contribution in [3.05, 3.63) is 0 Å². The Hall–Kier alpha value is -0.130. The van der Waals surface area contributed by atoms with Gasteiger partial charge in [-0.25, -0.2) is 8.42 Å². The minimum Gasteiger partial charge on any atom is -0.743 e. The van der Waals surface area contributed by atoms with Crippen LogP contribution in [-0.4, -0.2) is 43.5 Å². The Labute approximate surface area is 74.5 Å². The van der Waals surface area contributed by atoms with E-state index in [1.165, 1.54) is 6.92 Å². The summed E-state index contributed by atoms with van der Waals surface area (Å²) in [4.78, 5) is 0. The first kappa shape index (κ1) is 11.9. The molecule has 12 heavy (non-hydrogen) atoms. The van der Waals surface area contributed by atoms with Crippen LogP contribution in [0.2, 0.25) is 0 Å². The predicted octanol–water partition coefficient (Wildman–Crippen LogP) is 0.364. The van der Waals surface area contributed by atoms with Crippen LogP contribution in [0.1, 0.15) is 20.3 Å². The molecular formula is C7H17NO3S. The Morgan fingerprint density at radius 3 is 2.08 bits per heavy atom. The molecule has 0 saturated heterocycles. The van der Waals surface area contributed by atoms with E-state index < -0.39 is 15.5 Å². The third-order valence-electron chi connectivity index (χ3n) is 2.20. The Bertz CT molecular complexity index is 233. The molecular weight excluding hydrogens is 178 g/mol. The summed E-state index contributed by atoms with van der Waals surface area (Å²) < 4.78 is 32.3. The molecule has 0 aromatic carbocycles. The molecule has 0 N–H and O–H groups in total. The first-order valence-corrected chi connectivity index (χ1v) is 5.46. The Kier molecular flexibility index (Phi) is 3.68. The van der Waals surface area contributed by atoms with Crippen LogP contribution in [0.4, 0.5) is 0 Å². The van der Waals surface area contributed by atoms with E-state index in [4.69, 9.17) is 0 Å². The van der Waals surface area contributed by atoms with Crippen LogP contribution in [0.25, 0.3) is 0 Å². The molecule has 5 heteroatoms. The lowest BCUT2D eigenvalue weighted by Gasteiger charge is -2.36. The maximum Gasteiger partial charge on any atom is 0.175 e. The van der Waals surface area contributed by atoms with Crippen LogP contribution in [-0.2, 0) is 10.1 Å². The van der Waals surface area contributed by atoms with Crippen molar-refractivity contribution in [2.24, 2.45) is 0 Å².